The van der Waals surface area contributed by atoms with Crippen molar-refractivity contribution >= 4 is 28.9 Å². The van der Waals surface area contributed by atoms with Gasteiger partial charge in [-0.2, -0.15) is 0 Å². The molecule has 140 valence electrons. The Morgan fingerprint density at radius 2 is 1.41 bits per heavy atom. The molecule has 2 amide bonds. The predicted molar refractivity (Wildman–Crippen MR) is 108 cm³/mol. The second-order valence-corrected chi connectivity index (χ2v) is 7.24. The monoisotopic (exact) mass is 363 g/mol. The fourth-order valence-electron chi connectivity index (χ4n) is 3.81. The van der Waals surface area contributed by atoms with Crippen molar-refractivity contribution in [1.82, 2.24) is 0 Å². The predicted octanol–water partition coefficient (Wildman–Crippen LogP) is 4.06. The smallest absolute Gasteiger partial charge is 0.255 e. The molecule has 2 aliphatic heterocycles. The molecule has 0 atom stereocenters. The van der Waals surface area contributed by atoms with Gasteiger partial charge in [0.15, 0.2) is 0 Å². The molecule has 0 saturated carbocycles. The Bertz CT molecular complexity index is 808. The van der Waals surface area contributed by atoms with Crippen molar-refractivity contribution in [2.75, 3.05) is 34.8 Å². The lowest BCUT2D eigenvalue weighted by molar-refractivity contribution is -0.119. The molecule has 1 N–H and O–H groups in total. The minimum absolute atomic E-state index is 0.138. The zero-order valence-corrected chi connectivity index (χ0v) is 15.5. The lowest BCUT2D eigenvalue weighted by Gasteiger charge is -2.26. The van der Waals surface area contributed by atoms with E-state index < -0.39 is 0 Å². The molecule has 2 saturated heterocycles. The van der Waals surface area contributed by atoms with E-state index in [-0.39, 0.29) is 11.8 Å². The van der Waals surface area contributed by atoms with Gasteiger partial charge in [-0.3, -0.25) is 9.59 Å². The molecule has 5 nitrogen and oxygen atoms in total. The lowest BCUT2D eigenvalue weighted by Crippen LogP contribution is -2.35. The third kappa shape index (κ3) is 3.97. The van der Waals surface area contributed by atoms with Gasteiger partial charge in [0.05, 0.1) is 0 Å². The van der Waals surface area contributed by atoms with Crippen molar-refractivity contribution in [1.29, 1.82) is 0 Å². The highest BCUT2D eigenvalue weighted by molar-refractivity contribution is 6.04. The minimum atomic E-state index is -0.138. The largest absolute Gasteiger partial charge is 0.372 e. The van der Waals surface area contributed by atoms with Crippen LogP contribution in [0, 0.1) is 0 Å². The zero-order valence-electron chi connectivity index (χ0n) is 15.5. The number of carbonyl (C=O) groups excluding carboxylic acids is 2. The Hall–Kier alpha value is -2.82. The normalized spacial score (nSPS) is 17.3. The summed E-state index contributed by atoms with van der Waals surface area (Å²) in [5, 5.41) is 2.95. The van der Waals surface area contributed by atoms with Crippen molar-refractivity contribution < 1.29 is 9.59 Å². The first-order valence-corrected chi connectivity index (χ1v) is 9.77. The summed E-state index contributed by atoms with van der Waals surface area (Å²) < 4.78 is 0. The van der Waals surface area contributed by atoms with Gasteiger partial charge in [0, 0.05) is 48.7 Å². The number of rotatable bonds is 4. The zero-order chi connectivity index (χ0) is 18.6. The molecule has 2 aromatic rings. The van der Waals surface area contributed by atoms with Crippen molar-refractivity contribution in [3.05, 3.63) is 54.1 Å². The van der Waals surface area contributed by atoms with Gasteiger partial charge in [-0.05, 0) is 74.2 Å². The number of hydrogen-bond acceptors (Lipinski definition) is 3. The van der Waals surface area contributed by atoms with E-state index in [1.807, 2.05) is 29.2 Å². The molecule has 0 unspecified atom stereocenters. The van der Waals surface area contributed by atoms with Gasteiger partial charge in [0.2, 0.25) is 5.91 Å². The molecule has 0 spiro atoms. The van der Waals surface area contributed by atoms with Crippen LogP contribution < -0.4 is 15.1 Å². The second kappa shape index (κ2) is 7.82. The quantitative estimate of drug-likeness (QED) is 0.891. The van der Waals surface area contributed by atoms with E-state index >= 15 is 0 Å². The first kappa shape index (κ1) is 17.6. The average molecular weight is 363 g/mol. The SMILES string of the molecule is O=C(Nc1ccc(N2CCCC2)cc1)c1ccc(N2CCCCC2=O)cc1. The fraction of sp³-hybridized carbons (Fsp3) is 0.364. The van der Waals surface area contributed by atoms with Crippen LogP contribution in [0.15, 0.2) is 48.5 Å². The molecule has 2 aromatic carbocycles. The lowest BCUT2D eigenvalue weighted by atomic mass is 10.1. The van der Waals surface area contributed by atoms with Gasteiger partial charge in [0.1, 0.15) is 0 Å². The Labute approximate surface area is 160 Å². The maximum atomic E-state index is 12.5. The van der Waals surface area contributed by atoms with E-state index in [2.05, 4.69) is 22.3 Å². The van der Waals surface area contributed by atoms with Crippen molar-refractivity contribution in [2.24, 2.45) is 0 Å². The summed E-state index contributed by atoms with van der Waals surface area (Å²) in [6.07, 6.45) is 5.10. The summed E-state index contributed by atoms with van der Waals surface area (Å²) in [7, 11) is 0. The van der Waals surface area contributed by atoms with E-state index in [9.17, 15) is 9.59 Å². The number of nitrogens with zero attached hydrogens (tertiary/aromatic N) is 2. The molecule has 5 heteroatoms. The third-order valence-corrected chi connectivity index (χ3v) is 5.36. The van der Waals surface area contributed by atoms with Crippen molar-refractivity contribution in [2.45, 2.75) is 32.1 Å². The topological polar surface area (TPSA) is 52.7 Å². The Morgan fingerprint density at radius 1 is 0.778 bits per heavy atom. The van der Waals surface area contributed by atoms with E-state index in [4.69, 9.17) is 0 Å². The van der Waals surface area contributed by atoms with Crippen LogP contribution in [0.5, 0.6) is 0 Å². The van der Waals surface area contributed by atoms with Crippen LogP contribution in [0.1, 0.15) is 42.5 Å². The van der Waals surface area contributed by atoms with E-state index in [1.165, 1.54) is 18.5 Å². The molecule has 0 bridgehead atoms. The molecule has 2 fully saturated rings. The number of benzene rings is 2. The van der Waals surface area contributed by atoms with Crippen LogP contribution in [-0.4, -0.2) is 31.4 Å². The van der Waals surface area contributed by atoms with Crippen LogP contribution >= 0.6 is 0 Å². The summed E-state index contributed by atoms with van der Waals surface area (Å²) in [4.78, 5) is 28.7. The van der Waals surface area contributed by atoms with Crippen molar-refractivity contribution in [3.8, 4) is 0 Å². The number of amides is 2. The maximum absolute atomic E-state index is 12.5. The standard InChI is InChI=1S/C22H25N3O2/c26-21-5-1-2-16-25(21)20-10-6-17(7-11-20)22(27)23-18-8-12-19(13-9-18)24-14-3-4-15-24/h6-13H,1-5,14-16H2,(H,23,27). The average Bonchev–Trinajstić information content (AvgIpc) is 3.24. The summed E-state index contributed by atoms with van der Waals surface area (Å²) in [6.45, 7) is 2.98. The van der Waals surface area contributed by atoms with Gasteiger partial charge in [-0.15, -0.1) is 0 Å². The Morgan fingerprint density at radius 3 is 2.07 bits per heavy atom. The second-order valence-electron chi connectivity index (χ2n) is 7.24. The van der Waals surface area contributed by atoms with Crippen LogP contribution in [0.4, 0.5) is 17.1 Å². The van der Waals surface area contributed by atoms with Gasteiger partial charge >= 0.3 is 0 Å². The van der Waals surface area contributed by atoms with Crippen LogP contribution in [0.2, 0.25) is 0 Å². The highest BCUT2D eigenvalue weighted by Gasteiger charge is 2.19. The molecule has 27 heavy (non-hydrogen) atoms. The maximum Gasteiger partial charge on any atom is 0.255 e. The first-order valence-electron chi connectivity index (χ1n) is 9.77. The van der Waals surface area contributed by atoms with E-state index in [1.54, 1.807) is 12.1 Å². The molecular formula is C22H25N3O2. The van der Waals surface area contributed by atoms with Crippen LogP contribution in [-0.2, 0) is 4.79 Å². The van der Waals surface area contributed by atoms with Gasteiger partial charge in [-0.1, -0.05) is 0 Å². The van der Waals surface area contributed by atoms with Crippen LogP contribution in [0.3, 0.4) is 0 Å². The fourth-order valence-corrected chi connectivity index (χ4v) is 3.81. The molecule has 2 aliphatic rings. The van der Waals surface area contributed by atoms with Gasteiger partial charge in [-0.25, -0.2) is 0 Å². The number of piperidine rings is 1. The number of hydrogen-bond donors (Lipinski definition) is 1. The third-order valence-electron chi connectivity index (χ3n) is 5.36. The Kier molecular flexibility index (Phi) is 5.10. The molecule has 0 aromatic heterocycles. The number of anilines is 3. The van der Waals surface area contributed by atoms with Gasteiger partial charge in [0.25, 0.3) is 5.91 Å². The summed E-state index contributed by atoms with van der Waals surface area (Å²) in [5.41, 5.74) is 3.46. The van der Waals surface area contributed by atoms with E-state index in [0.717, 1.165) is 43.9 Å². The highest BCUT2D eigenvalue weighted by atomic mass is 16.2. The Balaban J connectivity index is 1.39. The number of nitrogens with one attached hydrogen (secondary N) is 1. The van der Waals surface area contributed by atoms with E-state index in [0.29, 0.717) is 12.0 Å². The molecular weight excluding hydrogens is 338 g/mol. The summed E-state index contributed by atoms with van der Waals surface area (Å²) in [5.74, 6) is 0.0250. The molecule has 2 heterocycles. The van der Waals surface area contributed by atoms with Crippen LogP contribution in [0.25, 0.3) is 0 Å². The first-order chi connectivity index (χ1) is 13.2. The van der Waals surface area contributed by atoms with Crippen molar-refractivity contribution in [3.63, 3.8) is 0 Å². The molecule has 0 aliphatic carbocycles. The summed E-state index contributed by atoms with van der Waals surface area (Å²) >= 11 is 0. The van der Waals surface area contributed by atoms with Gasteiger partial charge < -0.3 is 15.1 Å². The minimum Gasteiger partial charge on any atom is -0.372 e. The molecule has 0 radical (unpaired) electrons. The number of carbonyl (C=O) groups is 2. The summed E-state index contributed by atoms with van der Waals surface area (Å²) in [6, 6.07) is 15.3. The highest BCUT2D eigenvalue weighted by Crippen LogP contribution is 2.24. The molecule has 4 rings (SSSR count).